The van der Waals surface area contributed by atoms with E-state index in [9.17, 15) is 24.0 Å². The lowest BCUT2D eigenvalue weighted by Gasteiger charge is -2.32. The van der Waals surface area contributed by atoms with Crippen LogP contribution in [-0.2, 0) is 39.9 Å². The highest BCUT2D eigenvalue weighted by Gasteiger charge is 2.40. The molecule has 12 nitrogen and oxygen atoms in total. The first-order valence-electron chi connectivity index (χ1n) is 15.1. The monoisotopic (exact) mass is 613 g/mol. The van der Waals surface area contributed by atoms with Crippen LogP contribution in [0.3, 0.4) is 0 Å². The zero-order valence-electron chi connectivity index (χ0n) is 26.5. The van der Waals surface area contributed by atoms with E-state index in [0.717, 1.165) is 16.8 Å². The second kappa shape index (κ2) is 12.3. The zero-order chi connectivity index (χ0) is 32.6. The number of carbonyl (C=O) groups excluding carboxylic acids is 5. The molecule has 236 valence electrons. The number of benzene rings is 1. The summed E-state index contributed by atoms with van der Waals surface area (Å²) in [5.74, 6) is -1.91. The molecule has 0 spiro atoms. The number of carbonyl (C=O) groups is 5. The fraction of sp³-hybridized carbons (Fsp3) is 0.424. The second-order valence-electron chi connectivity index (χ2n) is 12.6. The fourth-order valence-electron chi connectivity index (χ4n) is 5.84. The Morgan fingerprint density at radius 1 is 1.16 bits per heavy atom. The van der Waals surface area contributed by atoms with Gasteiger partial charge in [-0.2, -0.15) is 5.10 Å². The predicted molar refractivity (Wildman–Crippen MR) is 165 cm³/mol. The fourth-order valence-corrected chi connectivity index (χ4v) is 5.84. The van der Waals surface area contributed by atoms with Crippen LogP contribution < -0.4 is 10.6 Å². The predicted octanol–water partition coefficient (Wildman–Crippen LogP) is 2.70. The highest BCUT2D eigenvalue weighted by atomic mass is 16.2. The van der Waals surface area contributed by atoms with Gasteiger partial charge in [-0.05, 0) is 55.2 Å². The molecular formula is C33H39N7O5. The molecule has 2 N–H and O–H groups in total. The molecule has 2 aromatic heterocycles. The smallest absolute Gasteiger partial charge is 0.273 e. The molecule has 5 amide bonds. The van der Waals surface area contributed by atoms with Crippen LogP contribution in [0.15, 0.2) is 42.7 Å². The summed E-state index contributed by atoms with van der Waals surface area (Å²) in [6, 6.07) is 7.15. The van der Waals surface area contributed by atoms with Crippen molar-refractivity contribution in [1.29, 1.82) is 0 Å². The van der Waals surface area contributed by atoms with E-state index < -0.39 is 23.9 Å². The van der Waals surface area contributed by atoms with Gasteiger partial charge < -0.3 is 15.1 Å². The maximum atomic E-state index is 14.5. The van der Waals surface area contributed by atoms with E-state index in [1.807, 2.05) is 46.8 Å². The number of fused-ring (bicyclic) bond motifs is 1. The van der Waals surface area contributed by atoms with Crippen molar-refractivity contribution >= 4 is 29.5 Å². The van der Waals surface area contributed by atoms with Gasteiger partial charge in [0.15, 0.2) is 0 Å². The molecule has 3 aromatic rings. The molecule has 0 aliphatic carbocycles. The Kier molecular flexibility index (Phi) is 8.59. The molecule has 2 unspecified atom stereocenters. The molecule has 5 rings (SSSR count). The number of amides is 5. The Hall–Kier alpha value is -4.87. The van der Waals surface area contributed by atoms with Crippen molar-refractivity contribution in [3.05, 3.63) is 81.9 Å². The van der Waals surface area contributed by atoms with Crippen LogP contribution in [0, 0.1) is 6.92 Å². The van der Waals surface area contributed by atoms with Gasteiger partial charge in [0.25, 0.3) is 11.8 Å². The molecule has 2 atom stereocenters. The molecule has 0 radical (unpaired) electrons. The molecule has 1 aromatic carbocycles. The Morgan fingerprint density at radius 2 is 1.91 bits per heavy atom. The average molecular weight is 614 g/mol. The summed E-state index contributed by atoms with van der Waals surface area (Å²) in [4.78, 5) is 73.2. The normalized spacial score (nSPS) is 17.2. The number of pyridine rings is 1. The summed E-state index contributed by atoms with van der Waals surface area (Å²) >= 11 is 0. The van der Waals surface area contributed by atoms with Gasteiger partial charge in [-0.15, -0.1) is 0 Å². The first-order chi connectivity index (χ1) is 21.3. The number of imide groups is 1. The third kappa shape index (κ3) is 6.22. The number of rotatable bonds is 8. The molecule has 2 aliphatic heterocycles. The van der Waals surface area contributed by atoms with E-state index in [0.29, 0.717) is 28.9 Å². The van der Waals surface area contributed by atoms with E-state index in [2.05, 4.69) is 20.7 Å². The van der Waals surface area contributed by atoms with Crippen LogP contribution in [0.2, 0.25) is 0 Å². The van der Waals surface area contributed by atoms with Crippen LogP contribution in [0.5, 0.6) is 0 Å². The number of aromatic nitrogens is 3. The van der Waals surface area contributed by atoms with E-state index in [4.69, 9.17) is 0 Å². The Balaban J connectivity index is 1.55. The van der Waals surface area contributed by atoms with Crippen molar-refractivity contribution in [2.75, 3.05) is 6.54 Å². The summed E-state index contributed by atoms with van der Waals surface area (Å²) < 4.78 is 1.53. The number of hydrogen-bond donors (Lipinski definition) is 2. The molecule has 2 aliphatic rings. The lowest BCUT2D eigenvalue weighted by atomic mass is 9.92. The Morgan fingerprint density at radius 3 is 2.56 bits per heavy atom. The number of nitrogens with one attached hydrogen (secondary N) is 2. The number of hydrogen-bond acceptors (Lipinski definition) is 7. The van der Waals surface area contributed by atoms with Gasteiger partial charge in [-0.25, -0.2) is 0 Å². The van der Waals surface area contributed by atoms with Crippen LogP contribution >= 0.6 is 0 Å². The average Bonchev–Trinajstić information content (AvgIpc) is 3.53. The van der Waals surface area contributed by atoms with Crippen molar-refractivity contribution in [2.24, 2.45) is 7.05 Å². The van der Waals surface area contributed by atoms with E-state index >= 15 is 0 Å². The van der Waals surface area contributed by atoms with Gasteiger partial charge in [0.1, 0.15) is 17.8 Å². The SMILES string of the molecule is CCNC(=O)C(c1cnccc1C)N(Cc1ccc2c(c1)C(=O)N(C1CCC(=O)NC1=O)C2)C(=O)c1cc(C(C)(C)C)nn1C. The quantitative estimate of drug-likeness (QED) is 0.372. The van der Waals surface area contributed by atoms with Gasteiger partial charge in [0.2, 0.25) is 17.7 Å². The summed E-state index contributed by atoms with van der Waals surface area (Å²) in [6.45, 7) is 10.3. The minimum atomic E-state index is -1.02. The van der Waals surface area contributed by atoms with Crippen LogP contribution in [0.4, 0.5) is 0 Å². The highest BCUT2D eigenvalue weighted by molar-refractivity contribution is 6.05. The standard InChI is InChI=1S/C33H39N7O5/c1-7-35-30(43)28(23-16-34-13-12-19(23)2)40(32(45)25-15-26(33(3,4)5)37-38(25)6)17-20-8-9-21-18-39(31(44)22(21)14-20)24-10-11-27(41)36-29(24)42/h8-9,12-16,24,28H,7,10-11,17-18H2,1-6H3,(H,35,43)(H,36,41,42). The lowest BCUT2D eigenvalue weighted by molar-refractivity contribution is -0.137. The van der Waals surface area contributed by atoms with Gasteiger partial charge in [0.05, 0.1) is 5.69 Å². The third-order valence-electron chi connectivity index (χ3n) is 8.36. The summed E-state index contributed by atoms with van der Waals surface area (Å²) in [5.41, 5.74) is 3.92. The molecule has 1 fully saturated rings. The van der Waals surface area contributed by atoms with Gasteiger partial charge >= 0.3 is 0 Å². The third-order valence-corrected chi connectivity index (χ3v) is 8.36. The van der Waals surface area contributed by atoms with Crippen molar-refractivity contribution in [2.45, 2.75) is 78.0 Å². The number of piperidine rings is 1. The maximum absolute atomic E-state index is 14.5. The Bertz CT molecular complexity index is 1690. The lowest BCUT2D eigenvalue weighted by Crippen LogP contribution is -2.52. The second-order valence-corrected chi connectivity index (χ2v) is 12.6. The molecule has 0 bridgehead atoms. The topological polar surface area (TPSA) is 147 Å². The Labute approximate surface area is 262 Å². The number of nitrogens with zero attached hydrogens (tertiary/aromatic N) is 5. The van der Waals surface area contributed by atoms with Crippen LogP contribution in [0.25, 0.3) is 0 Å². The van der Waals surface area contributed by atoms with E-state index in [1.165, 1.54) is 14.5 Å². The van der Waals surface area contributed by atoms with Crippen LogP contribution in [0.1, 0.15) is 95.4 Å². The van der Waals surface area contributed by atoms with Crippen molar-refractivity contribution in [1.82, 2.24) is 35.2 Å². The van der Waals surface area contributed by atoms with E-state index in [-0.39, 0.29) is 49.1 Å². The highest BCUT2D eigenvalue weighted by Crippen LogP contribution is 2.32. The van der Waals surface area contributed by atoms with Gasteiger partial charge in [-0.3, -0.25) is 39.0 Å². The molecular weight excluding hydrogens is 574 g/mol. The minimum absolute atomic E-state index is 0.00394. The van der Waals surface area contributed by atoms with Crippen molar-refractivity contribution in [3.63, 3.8) is 0 Å². The summed E-state index contributed by atoms with van der Waals surface area (Å²) in [7, 11) is 1.70. The molecule has 4 heterocycles. The van der Waals surface area contributed by atoms with E-state index in [1.54, 1.807) is 37.6 Å². The van der Waals surface area contributed by atoms with Gasteiger partial charge in [0, 0.05) is 62.0 Å². The first-order valence-corrected chi connectivity index (χ1v) is 15.1. The summed E-state index contributed by atoms with van der Waals surface area (Å²) in [6.07, 6.45) is 3.67. The molecule has 0 saturated carbocycles. The summed E-state index contributed by atoms with van der Waals surface area (Å²) in [5, 5.41) is 9.80. The van der Waals surface area contributed by atoms with Gasteiger partial charge in [-0.1, -0.05) is 32.9 Å². The molecule has 12 heteroatoms. The van der Waals surface area contributed by atoms with Crippen molar-refractivity contribution in [3.8, 4) is 0 Å². The minimum Gasteiger partial charge on any atom is -0.354 e. The molecule has 45 heavy (non-hydrogen) atoms. The zero-order valence-corrected chi connectivity index (χ0v) is 26.5. The maximum Gasteiger partial charge on any atom is 0.273 e. The largest absolute Gasteiger partial charge is 0.354 e. The number of likely N-dealkylation sites (N-methyl/N-ethyl adjacent to an activating group) is 1. The van der Waals surface area contributed by atoms with Crippen LogP contribution in [-0.4, -0.2) is 66.7 Å². The number of aryl methyl sites for hydroxylation is 2. The van der Waals surface area contributed by atoms with Crippen molar-refractivity contribution < 1.29 is 24.0 Å². The molecule has 1 saturated heterocycles. The first kappa shape index (κ1) is 31.6.